The van der Waals surface area contributed by atoms with Gasteiger partial charge in [-0.25, -0.2) is 8.42 Å². The number of nitrogens with zero attached hydrogens (tertiary/aromatic N) is 2. The highest BCUT2D eigenvalue weighted by atomic mass is 32.2. The van der Waals surface area contributed by atoms with Crippen molar-refractivity contribution in [2.45, 2.75) is 44.4 Å². The number of amides is 1. The zero-order valence-corrected chi connectivity index (χ0v) is 16.8. The molecule has 2 atom stereocenters. The van der Waals surface area contributed by atoms with Gasteiger partial charge in [0, 0.05) is 23.3 Å². The van der Waals surface area contributed by atoms with Crippen LogP contribution >= 0.6 is 11.8 Å². The Labute approximate surface area is 162 Å². The van der Waals surface area contributed by atoms with Crippen LogP contribution in [-0.2, 0) is 19.4 Å². The number of sulfone groups is 1. The lowest BCUT2D eigenvalue weighted by atomic mass is 10.1. The Hall–Kier alpha value is -1.87. The van der Waals surface area contributed by atoms with E-state index in [2.05, 4.69) is 4.99 Å². The number of carbonyl (C=O) groups is 2. The van der Waals surface area contributed by atoms with Crippen LogP contribution in [-0.4, -0.2) is 48.3 Å². The van der Waals surface area contributed by atoms with Crippen LogP contribution in [0.1, 0.15) is 30.4 Å². The number of hydrogen-bond donors (Lipinski definition) is 0. The molecule has 3 rings (SSSR count). The summed E-state index contributed by atoms with van der Waals surface area (Å²) in [5.41, 5.74) is 2.94. The molecule has 9 heteroatoms. The van der Waals surface area contributed by atoms with E-state index in [-0.39, 0.29) is 42.1 Å². The standard InChI is InChI=1S/C18H22N2O5S2/c1-11-5-3-6-13(12(11)2)20-14-9-27(24,25)10-15(14)26-18(20)19-16(21)7-4-8-17(22)23/h3,5-6,14-15H,4,7-10H2,1-2H3,(H,22,23)/p-1/t14-,15+/m0/s1. The monoisotopic (exact) mass is 409 g/mol. The van der Waals surface area contributed by atoms with Crippen LogP contribution in [0.3, 0.4) is 0 Å². The molecule has 1 aromatic carbocycles. The number of thioether (sulfide) groups is 1. The van der Waals surface area contributed by atoms with Gasteiger partial charge in [0.05, 0.1) is 17.5 Å². The Bertz CT molecular complexity index is 910. The zero-order chi connectivity index (χ0) is 19.8. The summed E-state index contributed by atoms with van der Waals surface area (Å²) >= 11 is 1.32. The third-order valence-corrected chi connectivity index (χ3v) is 8.10. The normalized spacial score (nSPS) is 25.0. The van der Waals surface area contributed by atoms with E-state index in [1.54, 1.807) is 0 Å². The maximum absolute atomic E-state index is 12.2. The summed E-state index contributed by atoms with van der Waals surface area (Å²) in [6.07, 6.45) is 0.00751. The molecule has 0 radical (unpaired) electrons. The van der Waals surface area contributed by atoms with E-state index < -0.39 is 21.7 Å². The largest absolute Gasteiger partial charge is 0.550 e. The minimum atomic E-state index is -3.12. The molecule has 1 amide bonds. The molecular formula is C18H21N2O5S2-. The van der Waals surface area contributed by atoms with Crippen molar-refractivity contribution in [1.29, 1.82) is 0 Å². The number of rotatable bonds is 5. The first-order valence-corrected chi connectivity index (χ1v) is 11.4. The second kappa shape index (κ2) is 7.63. The Morgan fingerprint density at radius 3 is 2.70 bits per heavy atom. The molecular weight excluding hydrogens is 388 g/mol. The van der Waals surface area contributed by atoms with Crippen LogP contribution in [0.25, 0.3) is 0 Å². The summed E-state index contributed by atoms with van der Waals surface area (Å²) in [4.78, 5) is 28.8. The molecule has 0 unspecified atom stereocenters. The number of carboxylic acids is 1. The summed E-state index contributed by atoms with van der Waals surface area (Å²) in [6.45, 7) is 3.94. The molecule has 27 heavy (non-hydrogen) atoms. The van der Waals surface area contributed by atoms with Crippen molar-refractivity contribution in [2.24, 2.45) is 4.99 Å². The van der Waals surface area contributed by atoms with Crippen molar-refractivity contribution in [2.75, 3.05) is 16.4 Å². The fourth-order valence-electron chi connectivity index (χ4n) is 3.39. The molecule has 2 heterocycles. The number of anilines is 1. The third-order valence-electron chi connectivity index (χ3n) is 4.89. The van der Waals surface area contributed by atoms with E-state index in [9.17, 15) is 23.1 Å². The van der Waals surface area contributed by atoms with Crippen LogP contribution in [0.15, 0.2) is 23.2 Å². The van der Waals surface area contributed by atoms with Crippen LogP contribution < -0.4 is 10.0 Å². The first-order valence-electron chi connectivity index (χ1n) is 8.72. The van der Waals surface area contributed by atoms with Gasteiger partial charge in [0.15, 0.2) is 15.0 Å². The van der Waals surface area contributed by atoms with E-state index in [0.717, 1.165) is 16.8 Å². The number of benzene rings is 1. The second-order valence-electron chi connectivity index (χ2n) is 6.90. The van der Waals surface area contributed by atoms with Crippen LogP contribution in [0.2, 0.25) is 0 Å². The lowest BCUT2D eigenvalue weighted by molar-refractivity contribution is -0.305. The lowest BCUT2D eigenvalue weighted by Gasteiger charge is -2.26. The fourth-order valence-corrected chi connectivity index (χ4v) is 7.31. The van der Waals surface area contributed by atoms with Gasteiger partial charge in [0.25, 0.3) is 0 Å². The van der Waals surface area contributed by atoms with Gasteiger partial charge >= 0.3 is 0 Å². The number of carbonyl (C=O) groups excluding carboxylic acids is 2. The van der Waals surface area contributed by atoms with Crippen molar-refractivity contribution >= 4 is 44.3 Å². The van der Waals surface area contributed by atoms with Crippen molar-refractivity contribution in [3.05, 3.63) is 29.3 Å². The van der Waals surface area contributed by atoms with Gasteiger partial charge in [-0.15, -0.1) is 0 Å². The third kappa shape index (κ3) is 4.35. The molecule has 0 saturated carbocycles. The molecule has 0 N–H and O–H groups in total. The van der Waals surface area contributed by atoms with Crippen molar-refractivity contribution in [3.63, 3.8) is 0 Å². The van der Waals surface area contributed by atoms with Gasteiger partial charge in [-0.05, 0) is 43.9 Å². The smallest absolute Gasteiger partial charge is 0.248 e. The number of aliphatic imine (C=N–C) groups is 1. The number of fused-ring (bicyclic) bond motifs is 1. The quantitative estimate of drug-likeness (QED) is 0.709. The van der Waals surface area contributed by atoms with Crippen LogP contribution in [0, 0.1) is 13.8 Å². The maximum Gasteiger partial charge on any atom is 0.248 e. The highest BCUT2D eigenvalue weighted by Gasteiger charge is 2.49. The Morgan fingerprint density at radius 2 is 2.00 bits per heavy atom. The highest BCUT2D eigenvalue weighted by molar-refractivity contribution is 8.16. The molecule has 7 nitrogen and oxygen atoms in total. The Morgan fingerprint density at radius 1 is 1.26 bits per heavy atom. The molecule has 2 aliphatic heterocycles. The van der Waals surface area contributed by atoms with Gasteiger partial charge in [0.2, 0.25) is 5.91 Å². The summed E-state index contributed by atoms with van der Waals surface area (Å²) in [6, 6.07) is 5.53. The molecule has 1 aromatic rings. The van der Waals surface area contributed by atoms with E-state index in [0.29, 0.717) is 5.17 Å². The van der Waals surface area contributed by atoms with E-state index >= 15 is 0 Å². The van der Waals surface area contributed by atoms with Gasteiger partial charge in [-0.1, -0.05) is 23.9 Å². The van der Waals surface area contributed by atoms with Crippen molar-refractivity contribution in [3.8, 4) is 0 Å². The van der Waals surface area contributed by atoms with Crippen LogP contribution in [0.4, 0.5) is 5.69 Å². The molecule has 2 aliphatic rings. The SMILES string of the molecule is Cc1cccc(N2C(=NC(=O)CCCC(=O)[O-])S[C@@H]3CS(=O)(=O)C[C@@H]32)c1C. The molecule has 0 bridgehead atoms. The summed E-state index contributed by atoms with van der Waals surface area (Å²) in [7, 11) is -3.12. The molecule has 2 fully saturated rings. The molecule has 146 valence electrons. The van der Waals surface area contributed by atoms with Gasteiger partial charge < -0.3 is 14.8 Å². The van der Waals surface area contributed by atoms with E-state index in [1.165, 1.54) is 11.8 Å². The van der Waals surface area contributed by atoms with Gasteiger partial charge in [-0.3, -0.25) is 4.79 Å². The molecule has 0 aromatic heterocycles. The van der Waals surface area contributed by atoms with E-state index in [1.807, 2.05) is 36.9 Å². The van der Waals surface area contributed by atoms with Crippen molar-refractivity contribution in [1.82, 2.24) is 0 Å². The topological polar surface area (TPSA) is 107 Å². The minimum Gasteiger partial charge on any atom is -0.550 e. The highest BCUT2D eigenvalue weighted by Crippen LogP contribution is 2.42. The van der Waals surface area contributed by atoms with Gasteiger partial charge in [0.1, 0.15) is 0 Å². The van der Waals surface area contributed by atoms with Crippen molar-refractivity contribution < 1.29 is 23.1 Å². The Balaban J connectivity index is 1.91. The fraction of sp³-hybridized carbons (Fsp3) is 0.500. The average Bonchev–Trinajstić information content (AvgIpc) is 3.01. The number of hydrogen-bond acceptors (Lipinski definition) is 6. The predicted molar refractivity (Wildman–Crippen MR) is 104 cm³/mol. The molecule has 2 saturated heterocycles. The number of amidine groups is 1. The number of aliphatic carboxylic acids is 1. The minimum absolute atomic E-state index is 0.0202. The maximum atomic E-state index is 12.2. The summed E-state index contributed by atoms with van der Waals surface area (Å²) < 4.78 is 24.2. The number of aryl methyl sites for hydroxylation is 1. The predicted octanol–water partition coefficient (Wildman–Crippen LogP) is 0.825. The van der Waals surface area contributed by atoms with Gasteiger partial charge in [-0.2, -0.15) is 4.99 Å². The summed E-state index contributed by atoms with van der Waals surface area (Å²) in [5.74, 6) is -1.49. The summed E-state index contributed by atoms with van der Waals surface area (Å²) in [5, 5.41) is 10.8. The molecule has 0 aliphatic carbocycles. The van der Waals surface area contributed by atoms with Crippen LogP contribution in [0.5, 0.6) is 0 Å². The first-order chi connectivity index (χ1) is 12.7. The average molecular weight is 410 g/mol. The lowest BCUT2D eigenvalue weighted by Crippen LogP contribution is -2.38. The number of carboxylic acid groups (broad SMARTS) is 1. The first kappa shape index (κ1) is 19.9. The Kier molecular flexibility index (Phi) is 5.62. The second-order valence-corrected chi connectivity index (χ2v) is 10.3. The molecule has 0 spiro atoms. The van der Waals surface area contributed by atoms with E-state index in [4.69, 9.17) is 0 Å². The zero-order valence-electron chi connectivity index (χ0n) is 15.2.